The number of benzene rings is 2. The molecule has 0 saturated heterocycles. The molecule has 156 valence electrons. The predicted molar refractivity (Wildman–Crippen MR) is 114 cm³/mol. The molecule has 29 heavy (non-hydrogen) atoms. The highest BCUT2D eigenvalue weighted by molar-refractivity contribution is 7.92. The van der Waals surface area contributed by atoms with Crippen molar-refractivity contribution in [3.05, 3.63) is 47.5 Å². The molecule has 7 nitrogen and oxygen atoms in total. The van der Waals surface area contributed by atoms with Gasteiger partial charge in [0.2, 0.25) is 0 Å². The first-order valence-electron chi connectivity index (χ1n) is 9.42. The molecule has 0 aromatic heterocycles. The Hall–Kier alpha value is -2.45. The quantitative estimate of drug-likeness (QED) is 0.615. The van der Waals surface area contributed by atoms with Gasteiger partial charge < -0.3 is 15.4 Å². The Kier molecular flexibility index (Phi) is 6.87. The van der Waals surface area contributed by atoms with Crippen molar-refractivity contribution < 1.29 is 17.9 Å². The second kappa shape index (κ2) is 9.37. The number of ether oxygens (including phenoxy) is 1. The van der Waals surface area contributed by atoms with E-state index in [1.54, 1.807) is 30.3 Å². The number of methoxy groups -OCH3 is 1. The minimum absolute atomic E-state index is 0.0469. The van der Waals surface area contributed by atoms with E-state index in [1.807, 2.05) is 0 Å². The fraction of sp³-hybridized carbons (Fsp3) is 0.350. The summed E-state index contributed by atoms with van der Waals surface area (Å²) in [5, 5.41) is 5.67. The van der Waals surface area contributed by atoms with Crippen molar-refractivity contribution in [1.29, 1.82) is 0 Å². The van der Waals surface area contributed by atoms with Crippen molar-refractivity contribution in [2.24, 2.45) is 0 Å². The summed E-state index contributed by atoms with van der Waals surface area (Å²) >= 11 is 6.13. The summed E-state index contributed by atoms with van der Waals surface area (Å²) in [5.41, 5.74) is 0.627. The van der Waals surface area contributed by atoms with Crippen molar-refractivity contribution >= 4 is 39.0 Å². The van der Waals surface area contributed by atoms with Gasteiger partial charge in [0.1, 0.15) is 10.6 Å². The van der Waals surface area contributed by atoms with Crippen LogP contribution in [0.4, 0.5) is 16.2 Å². The van der Waals surface area contributed by atoms with E-state index in [1.165, 1.54) is 25.7 Å². The van der Waals surface area contributed by atoms with Crippen LogP contribution in [0.2, 0.25) is 5.02 Å². The number of hydrogen-bond donors (Lipinski definition) is 3. The minimum Gasteiger partial charge on any atom is -0.495 e. The molecule has 1 aliphatic carbocycles. The van der Waals surface area contributed by atoms with Gasteiger partial charge in [0.25, 0.3) is 10.0 Å². The highest BCUT2D eigenvalue weighted by Crippen LogP contribution is 2.30. The second-order valence-electron chi connectivity index (χ2n) is 6.88. The lowest BCUT2D eigenvalue weighted by Crippen LogP contribution is -2.39. The van der Waals surface area contributed by atoms with Crippen LogP contribution in [-0.2, 0) is 10.0 Å². The standard InChI is InChI=1S/C20H24ClN3O4S/c1-28-18-10-6-5-9-17(18)24-29(26,27)19-13-15(11-12-16(19)21)23-20(25)22-14-7-3-2-4-8-14/h5-6,9-14,24H,2-4,7-8H2,1H3,(H2,22,23,25). The van der Waals surface area contributed by atoms with Gasteiger partial charge in [-0.3, -0.25) is 4.72 Å². The lowest BCUT2D eigenvalue weighted by Gasteiger charge is -2.23. The normalized spacial score (nSPS) is 14.8. The zero-order valence-corrected chi connectivity index (χ0v) is 17.6. The van der Waals surface area contributed by atoms with Gasteiger partial charge in [-0.1, -0.05) is 43.0 Å². The SMILES string of the molecule is COc1ccccc1NS(=O)(=O)c1cc(NC(=O)NC2CCCCC2)ccc1Cl. The molecule has 0 heterocycles. The largest absolute Gasteiger partial charge is 0.495 e. The highest BCUT2D eigenvalue weighted by atomic mass is 35.5. The van der Waals surface area contributed by atoms with Crippen molar-refractivity contribution in [2.45, 2.75) is 43.0 Å². The van der Waals surface area contributed by atoms with Gasteiger partial charge in [0, 0.05) is 11.7 Å². The number of sulfonamides is 1. The monoisotopic (exact) mass is 437 g/mol. The van der Waals surface area contributed by atoms with Crippen molar-refractivity contribution in [3.8, 4) is 5.75 Å². The Morgan fingerprint density at radius 2 is 1.83 bits per heavy atom. The molecular weight excluding hydrogens is 414 g/mol. The van der Waals surface area contributed by atoms with Gasteiger partial charge in [-0.2, -0.15) is 0 Å². The number of halogens is 1. The summed E-state index contributed by atoms with van der Waals surface area (Å²) in [6.07, 6.45) is 5.30. The van der Waals surface area contributed by atoms with Crippen LogP contribution in [0.3, 0.4) is 0 Å². The Morgan fingerprint density at radius 3 is 2.55 bits per heavy atom. The maximum Gasteiger partial charge on any atom is 0.319 e. The van der Waals surface area contributed by atoms with Crippen LogP contribution in [0.1, 0.15) is 32.1 Å². The smallest absolute Gasteiger partial charge is 0.319 e. The fourth-order valence-electron chi connectivity index (χ4n) is 3.32. The van der Waals surface area contributed by atoms with E-state index in [0.29, 0.717) is 17.1 Å². The van der Waals surface area contributed by atoms with Gasteiger partial charge in [0.15, 0.2) is 0 Å². The molecule has 0 aliphatic heterocycles. The summed E-state index contributed by atoms with van der Waals surface area (Å²) < 4.78 is 33.4. The summed E-state index contributed by atoms with van der Waals surface area (Å²) in [6, 6.07) is 10.8. The number of nitrogens with one attached hydrogen (secondary N) is 3. The van der Waals surface area contributed by atoms with E-state index in [9.17, 15) is 13.2 Å². The Balaban J connectivity index is 1.76. The third-order valence-electron chi connectivity index (χ3n) is 4.77. The molecule has 1 aliphatic rings. The number of rotatable bonds is 6. The first-order valence-corrected chi connectivity index (χ1v) is 11.3. The average molecular weight is 438 g/mol. The van der Waals surface area contributed by atoms with Crippen molar-refractivity contribution in [1.82, 2.24) is 5.32 Å². The number of anilines is 2. The minimum atomic E-state index is -4.00. The molecule has 0 spiro atoms. The van der Waals surface area contributed by atoms with Crippen molar-refractivity contribution in [2.75, 3.05) is 17.1 Å². The maximum absolute atomic E-state index is 12.9. The molecule has 2 amide bonds. The molecule has 2 aromatic carbocycles. The topological polar surface area (TPSA) is 96.5 Å². The molecule has 0 radical (unpaired) electrons. The zero-order chi connectivity index (χ0) is 20.9. The van der Waals surface area contributed by atoms with Crippen LogP contribution in [-0.4, -0.2) is 27.6 Å². The molecule has 3 rings (SSSR count). The van der Waals surface area contributed by atoms with E-state index >= 15 is 0 Å². The van der Waals surface area contributed by atoms with E-state index < -0.39 is 10.0 Å². The lowest BCUT2D eigenvalue weighted by molar-refractivity contribution is 0.244. The lowest BCUT2D eigenvalue weighted by atomic mass is 9.96. The van der Waals surface area contributed by atoms with E-state index in [-0.39, 0.29) is 22.0 Å². The second-order valence-corrected chi connectivity index (χ2v) is 8.94. The molecule has 1 fully saturated rings. The van der Waals surface area contributed by atoms with Crippen LogP contribution in [0.15, 0.2) is 47.4 Å². The number of urea groups is 1. The Bertz CT molecular complexity index is 975. The van der Waals surface area contributed by atoms with Crippen LogP contribution < -0.4 is 20.1 Å². The number of amides is 2. The summed E-state index contributed by atoms with van der Waals surface area (Å²) in [7, 11) is -2.54. The highest BCUT2D eigenvalue weighted by Gasteiger charge is 2.21. The summed E-state index contributed by atoms with van der Waals surface area (Å²) in [4.78, 5) is 12.1. The van der Waals surface area contributed by atoms with E-state index in [2.05, 4.69) is 15.4 Å². The maximum atomic E-state index is 12.9. The summed E-state index contributed by atoms with van der Waals surface area (Å²) in [6.45, 7) is 0. The summed E-state index contributed by atoms with van der Waals surface area (Å²) in [5.74, 6) is 0.383. The molecule has 9 heteroatoms. The average Bonchev–Trinajstić information content (AvgIpc) is 2.70. The van der Waals surface area contributed by atoms with E-state index in [0.717, 1.165) is 25.7 Å². The van der Waals surface area contributed by atoms with Gasteiger partial charge >= 0.3 is 6.03 Å². The number of hydrogen-bond acceptors (Lipinski definition) is 4. The molecule has 0 bridgehead atoms. The van der Waals surface area contributed by atoms with Crippen LogP contribution in [0, 0.1) is 0 Å². The van der Waals surface area contributed by atoms with Gasteiger partial charge in [0.05, 0.1) is 17.8 Å². The first kappa shape index (κ1) is 21.3. The molecule has 0 unspecified atom stereocenters. The van der Waals surface area contributed by atoms with E-state index in [4.69, 9.17) is 16.3 Å². The number of para-hydroxylation sites is 2. The Labute approximate surface area is 175 Å². The van der Waals surface area contributed by atoms with Crippen LogP contribution >= 0.6 is 11.6 Å². The molecule has 2 aromatic rings. The van der Waals surface area contributed by atoms with Gasteiger partial charge in [-0.15, -0.1) is 0 Å². The van der Waals surface area contributed by atoms with Gasteiger partial charge in [-0.25, -0.2) is 13.2 Å². The molecular formula is C20H24ClN3O4S. The number of carbonyl (C=O) groups excluding carboxylic acids is 1. The third kappa shape index (κ3) is 5.55. The number of carbonyl (C=O) groups is 1. The van der Waals surface area contributed by atoms with Crippen LogP contribution in [0.25, 0.3) is 0 Å². The Morgan fingerprint density at radius 1 is 1.10 bits per heavy atom. The molecule has 0 atom stereocenters. The van der Waals surface area contributed by atoms with Gasteiger partial charge in [-0.05, 0) is 43.2 Å². The molecule has 1 saturated carbocycles. The fourth-order valence-corrected chi connectivity index (χ4v) is 4.91. The first-order chi connectivity index (χ1) is 13.9. The van der Waals surface area contributed by atoms with Crippen LogP contribution in [0.5, 0.6) is 5.75 Å². The zero-order valence-electron chi connectivity index (χ0n) is 16.1. The van der Waals surface area contributed by atoms with Crippen molar-refractivity contribution in [3.63, 3.8) is 0 Å². The predicted octanol–water partition coefficient (Wildman–Crippen LogP) is 4.60. The third-order valence-corrected chi connectivity index (χ3v) is 6.62. The molecule has 3 N–H and O–H groups in total.